The lowest BCUT2D eigenvalue weighted by Crippen LogP contribution is -2.45. The Morgan fingerprint density at radius 2 is 2.67 bits per heavy atom. The Morgan fingerprint density at radius 1 is 1.80 bits per heavy atom. The van der Waals surface area contributed by atoms with Crippen molar-refractivity contribution in [3.05, 3.63) is 11.1 Å². The van der Waals surface area contributed by atoms with Crippen molar-refractivity contribution in [1.82, 2.24) is 10.3 Å². The van der Waals surface area contributed by atoms with E-state index in [0.717, 1.165) is 12.2 Å². The van der Waals surface area contributed by atoms with Crippen LogP contribution in [0.4, 0.5) is 5.13 Å². The molecule has 2 heterocycles. The molecule has 1 aliphatic rings. The second-order valence-electron chi connectivity index (χ2n) is 3.35. The second-order valence-corrected chi connectivity index (χ2v) is 4.20. The largest absolute Gasteiger partial charge is 0.366 e. The number of amides is 1. The Kier molecular flexibility index (Phi) is 3.30. The number of hydrogen-bond donors (Lipinski definition) is 2. The summed E-state index contributed by atoms with van der Waals surface area (Å²) in [6.07, 6.45) is -0.400. The van der Waals surface area contributed by atoms with Gasteiger partial charge < -0.3 is 10.1 Å². The number of anilines is 1. The minimum atomic E-state index is -0.400. The van der Waals surface area contributed by atoms with E-state index in [1.807, 2.05) is 12.3 Å². The van der Waals surface area contributed by atoms with Gasteiger partial charge in [0.2, 0.25) is 0 Å². The highest BCUT2D eigenvalue weighted by Crippen LogP contribution is 2.14. The van der Waals surface area contributed by atoms with E-state index in [0.29, 0.717) is 18.3 Å². The van der Waals surface area contributed by atoms with Gasteiger partial charge in [0.05, 0.1) is 12.3 Å². The van der Waals surface area contributed by atoms with E-state index < -0.39 is 6.10 Å². The summed E-state index contributed by atoms with van der Waals surface area (Å²) in [7, 11) is 0. The number of thiazole rings is 1. The zero-order chi connectivity index (χ0) is 10.7. The third kappa shape index (κ3) is 2.74. The maximum Gasteiger partial charge on any atom is 0.256 e. The van der Waals surface area contributed by atoms with Crippen LogP contribution in [0.1, 0.15) is 5.69 Å². The van der Waals surface area contributed by atoms with E-state index in [1.54, 1.807) is 0 Å². The van der Waals surface area contributed by atoms with Crippen molar-refractivity contribution in [3.8, 4) is 0 Å². The number of ether oxygens (including phenoxy) is 1. The van der Waals surface area contributed by atoms with Crippen molar-refractivity contribution in [3.63, 3.8) is 0 Å². The minimum Gasteiger partial charge on any atom is -0.366 e. The van der Waals surface area contributed by atoms with Crippen LogP contribution in [0, 0.1) is 6.92 Å². The molecule has 1 fully saturated rings. The lowest BCUT2D eigenvalue weighted by Gasteiger charge is -2.22. The van der Waals surface area contributed by atoms with Gasteiger partial charge in [-0.15, -0.1) is 11.3 Å². The predicted octanol–water partition coefficient (Wildman–Crippen LogP) is 0.378. The number of aryl methyl sites for hydroxylation is 1. The molecule has 1 aliphatic heterocycles. The molecule has 0 saturated carbocycles. The lowest BCUT2D eigenvalue weighted by molar-refractivity contribution is -0.128. The fourth-order valence-corrected chi connectivity index (χ4v) is 2.02. The number of hydrogen-bond acceptors (Lipinski definition) is 5. The summed E-state index contributed by atoms with van der Waals surface area (Å²) in [5, 5.41) is 8.37. The third-order valence-corrected chi connectivity index (χ3v) is 2.94. The number of carbonyl (C=O) groups is 1. The summed E-state index contributed by atoms with van der Waals surface area (Å²) in [4.78, 5) is 15.8. The van der Waals surface area contributed by atoms with Crippen LogP contribution in [0.5, 0.6) is 0 Å². The SMILES string of the molecule is Cc1csc(NC(=O)C2CNCCO2)n1. The van der Waals surface area contributed by atoms with Gasteiger partial charge in [0, 0.05) is 18.5 Å². The molecule has 1 amide bonds. The summed E-state index contributed by atoms with van der Waals surface area (Å²) in [6.45, 7) is 3.84. The van der Waals surface area contributed by atoms with Crippen LogP contribution in [-0.4, -0.2) is 36.7 Å². The molecule has 2 rings (SSSR count). The number of morpholine rings is 1. The van der Waals surface area contributed by atoms with Crippen molar-refractivity contribution >= 4 is 22.4 Å². The Morgan fingerprint density at radius 3 is 3.27 bits per heavy atom. The molecular weight excluding hydrogens is 214 g/mol. The molecule has 0 aliphatic carbocycles. The first-order valence-corrected chi connectivity index (χ1v) is 5.69. The van der Waals surface area contributed by atoms with E-state index in [1.165, 1.54) is 11.3 Å². The summed E-state index contributed by atoms with van der Waals surface area (Å²) >= 11 is 1.42. The number of nitrogens with zero attached hydrogens (tertiary/aromatic N) is 1. The summed E-state index contributed by atoms with van der Waals surface area (Å²) < 4.78 is 5.32. The van der Waals surface area contributed by atoms with E-state index in [2.05, 4.69) is 15.6 Å². The van der Waals surface area contributed by atoms with Crippen molar-refractivity contribution < 1.29 is 9.53 Å². The van der Waals surface area contributed by atoms with E-state index in [4.69, 9.17) is 4.74 Å². The number of rotatable bonds is 2. The smallest absolute Gasteiger partial charge is 0.256 e. The maximum atomic E-state index is 11.7. The van der Waals surface area contributed by atoms with Crippen molar-refractivity contribution in [2.45, 2.75) is 13.0 Å². The normalized spacial score (nSPS) is 21.3. The van der Waals surface area contributed by atoms with E-state index in [-0.39, 0.29) is 5.91 Å². The first-order chi connectivity index (χ1) is 7.25. The Balaban J connectivity index is 1.91. The molecule has 82 valence electrons. The molecule has 0 aromatic carbocycles. The molecular formula is C9H13N3O2S. The molecule has 5 nitrogen and oxygen atoms in total. The Hall–Kier alpha value is -0.980. The van der Waals surface area contributed by atoms with Crippen LogP contribution in [0.3, 0.4) is 0 Å². The highest BCUT2D eigenvalue weighted by molar-refractivity contribution is 7.13. The van der Waals surface area contributed by atoms with Gasteiger partial charge in [0.25, 0.3) is 5.91 Å². The quantitative estimate of drug-likeness (QED) is 0.766. The minimum absolute atomic E-state index is 0.128. The monoisotopic (exact) mass is 227 g/mol. The van der Waals surface area contributed by atoms with Gasteiger partial charge in [-0.05, 0) is 6.92 Å². The number of carbonyl (C=O) groups excluding carboxylic acids is 1. The van der Waals surface area contributed by atoms with Crippen molar-refractivity contribution in [1.29, 1.82) is 0 Å². The fraction of sp³-hybridized carbons (Fsp3) is 0.556. The van der Waals surface area contributed by atoms with Gasteiger partial charge in [-0.2, -0.15) is 0 Å². The Labute approximate surface area is 91.9 Å². The molecule has 2 N–H and O–H groups in total. The summed E-state index contributed by atoms with van der Waals surface area (Å²) in [6, 6.07) is 0. The van der Waals surface area contributed by atoms with Crippen molar-refractivity contribution in [2.24, 2.45) is 0 Å². The first-order valence-electron chi connectivity index (χ1n) is 4.81. The topological polar surface area (TPSA) is 63.2 Å². The third-order valence-electron chi connectivity index (χ3n) is 2.07. The van der Waals surface area contributed by atoms with Gasteiger partial charge in [-0.1, -0.05) is 0 Å². The lowest BCUT2D eigenvalue weighted by atomic mass is 10.3. The van der Waals surface area contributed by atoms with E-state index in [9.17, 15) is 4.79 Å². The summed E-state index contributed by atoms with van der Waals surface area (Å²) in [5.41, 5.74) is 0.915. The van der Waals surface area contributed by atoms with E-state index >= 15 is 0 Å². The predicted molar refractivity (Wildman–Crippen MR) is 58.1 cm³/mol. The van der Waals surface area contributed by atoms with Crippen molar-refractivity contribution in [2.75, 3.05) is 25.0 Å². The van der Waals surface area contributed by atoms with Gasteiger partial charge in [0.15, 0.2) is 5.13 Å². The average Bonchev–Trinajstić information content (AvgIpc) is 2.65. The molecule has 1 saturated heterocycles. The highest BCUT2D eigenvalue weighted by atomic mass is 32.1. The van der Waals surface area contributed by atoms with Gasteiger partial charge in [0.1, 0.15) is 6.10 Å². The first kappa shape index (κ1) is 10.5. The molecule has 1 unspecified atom stereocenters. The highest BCUT2D eigenvalue weighted by Gasteiger charge is 2.22. The molecule has 0 radical (unpaired) electrons. The molecule has 15 heavy (non-hydrogen) atoms. The van der Waals surface area contributed by atoms with Crippen LogP contribution in [0.25, 0.3) is 0 Å². The van der Waals surface area contributed by atoms with Crippen LogP contribution in [-0.2, 0) is 9.53 Å². The Bertz CT molecular complexity index is 347. The summed E-state index contributed by atoms with van der Waals surface area (Å²) in [5.74, 6) is -0.128. The van der Waals surface area contributed by atoms with Crippen LogP contribution >= 0.6 is 11.3 Å². The molecule has 1 aromatic heterocycles. The molecule has 1 atom stereocenters. The van der Waals surface area contributed by atoms with Gasteiger partial charge in [-0.3, -0.25) is 10.1 Å². The zero-order valence-corrected chi connectivity index (χ0v) is 9.26. The van der Waals surface area contributed by atoms with Gasteiger partial charge in [-0.25, -0.2) is 4.98 Å². The molecule has 0 spiro atoms. The van der Waals surface area contributed by atoms with Gasteiger partial charge >= 0.3 is 0 Å². The fourth-order valence-electron chi connectivity index (χ4n) is 1.33. The zero-order valence-electron chi connectivity index (χ0n) is 8.45. The molecule has 6 heteroatoms. The number of aromatic nitrogens is 1. The molecule has 1 aromatic rings. The molecule has 0 bridgehead atoms. The second kappa shape index (κ2) is 4.69. The standard InChI is InChI=1S/C9H13N3O2S/c1-6-5-15-9(11-6)12-8(13)7-4-10-2-3-14-7/h5,7,10H,2-4H2,1H3,(H,11,12,13). The van der Waals surface area contributed by atoms with Crippen LogP contribution < -0.4 is 10.6 Å². The van der Waals surface area contributed by atoms with Crippen LogP contribution in [0.15, 0.2) is 5.38 Å². The number of nitrogens with one attached hydrogen (secondary N) is 2. The maximum absolute atomic E-state index is 11.7. The van der Waals surface area contributed by atoms with Crippen LogP contribution in [0.2, 0.25) is 0 Å². The average molecular weight is 227 g/mol.